The van der Waals surface area contributed by atoms with Crippen molar-refractivity contribution in [3.63, 3.8) is 0 Å². The van der Waals surface area contributed by atoms with E-state index in [1.54, 1.807) is 149 Å². The molecule has 15 aromatic rings. The third-order valence-corrected chi connectivity index (χ3v) is 19.9. The van der Waals surface area contributed by atoms with Gasteiger partial charge in [-0.3, -0.25) is 65.0 Å². The number of morpholine rings is 2. The van der Waals surface area contributed by atoms with Crippen LogP contribution in [0.3, 0.4) is 0 Å². The van der Waals surface area contributed by atoms with Crippen LogP contribution in [0, 0.1) is 87.3 Å². The number of ketones is 1. The molecule has 10 aromatic heterocycles. The van der Waals surface area contributed by atoms with Crippen LogP contribution < -0.4 is 38.5 Å². The number of nitrogens with one attached hydrogen (secondary N) is 5. The van der Waals surface area contributed by atoms with E-state index in [2.05, 4.69) is 117 Å². The number of nitrogens with zero attached hydrogens (tertiary/aromatic N) is 16. The number of nitro groups is 3. The van der Waals surface area contributed by atoms with Crippen molar-refractivity contribution in [1.82, 2.24) is 64.6 Å². The standard InChI is InChI=1S/C21H22N6O2.C15H11FN4O3.C15H13N5O3.C15H15N5O.C8H5FN2O2S.C7H6BrNO.C5H11NO.CO2.BrH.ClH/c1-14-10-17-18(25-20(24-17)13-27-6-8-28-9-7-27)11-16(14)26-21-23-12-19(29-21)15-2-4-22-5-3-15;2*1-9-6-11(16)13(20(21)22)7-12(9)19-15-18-8-14(23-15)10-2-4-17-5-3-10;1-9-6-11(16)12(17)7-13(9)20-15-19-8-14(21-15)10-2-4-18-5-3-10;1-5-2-6(9)7(11(12)13)3-8(5)14-4-10;8-5-7(10)6-1-3-9-4-2-6;1-6-2-4-7-5-3-6;2-1-3;;/h2-5,10-12H,6-9,13H2,1H3,(H,23,26)(H,24,25);2-8H,1H3,(H,18,19);2-8H,16H2,1H3,(H,18,19);2-8H,16-17H2,1H3,(H,19,20);2-3H,1H3;1-4H,5H2;2-5H2,1H3;;2*1H. The molecule has 0 amide bonds. The second kappa shape index (κ2) is 51.1. The number of nitrogen functional groups attached to an aromatic ring is 3. The van der Waals surface area contributed by atoms with E-state index in [0.29, 0.717) is 84.7 Å². The number of H-pyrrole nitrogens is 1. The molecule has 0 atom stereocenters. The lowest BCUT2D eigenvalue weighted by Crippen LogP contribution is -2.35. The van der Waals surface area contributed by atoms with Crippen LogP contribution in [0.2, 0.25) is 0 Å². The number of hydrogen-bond acceptors (Lipinski definition) is 36. The van der Waals surface area contributed by atoms with Crippen LogP contribution >= 0.6 is 57.1 Å². The number of aromatic nitrogens is 11. The van der Waals surface area contributed by atoms with Crippen molar-refractivity contribution in [2.45, 2.75) is 46.1 Å². The Kier molecular flexibility index (Phi) is 39.6. The number of likely N-dealkylation sites (N-methyl/N-ethyl adjacent to an activating group) is 1. The first-order valence-corrected chi connectivity index (χ1v) is 40.8. The minimum atomic E-state index is -0.886. The van der Waals surface area contributed by atoms with Crippen molar-refractivity contribution in [3.8, 4) is 50.7 Å². The topological polar surface area (TPSA) is 553 Å². The van der Waals surface area contributed by atoms with Gasteiger partial charge >= 0.3 is 17.5 Å². The van der Waals surface area contributed by atoms with Gasteiger partial charge < -0.3 is 75.5 Å². The molecule has 0 unspecified atom stereocenters. The van der Waals surface area contributed by atoms with Gasteiger partial charge in [0, 0.05) is 150 Å². The number of oxazole rings is 4. The number of hydrogen-bond donors (Lipinski definition) is 8. The summed E-state index contributed by atoms with van der Waals surface area (Å²) in [6.07, 6.45) is 23.3. The number of thiocyanates is 1. The minimum Gasteiger partial charge on any atom is -0.423 e. The average Bonchev–Trinajstić information content (AvgIpc) is 1.69. The lowest BCUT2D eigenvalue weighted by molar-refractivity contribution is -0.387. The second-order valence-electron chi connectivity index (χ2n) is 27.8. The summed E-state index contributed by atoms with van der Waals surface area (Å²) in [6.45, 7) is 17.3. The molecule has 0 aliphatic carbocycles. The summed E-state index contributed by atoms with van der Waals surface area (Å²) >= 11 is 3.86. The highest BCUT2D eigenvalue weighted by atomic mass is 79.9. The maximum atomic E-state index is 13.5. The maximum Gasteiger partial charge on any atom is 0.373 e. The van der Waals surface area contributed by atoms with Crippen molar-refractivity contribution in [2.24, 2.45) is 0 Å². The average molecular weight is 1970 g/mol. The first kappa shape index (κ1) is 102. The van der Waals surface area contributed by atoms with Gasteiger partial charge in [-0.2, -0.15) is 23.6 Å². The highest BCUT2D eigenvalue weighted by Gasteiger charge is 2.23. The van der Waals surface area contributed by atoms with Crippen molar-refractivity contribution in [3.05, 3.63) is 289 Å². The summed E-state index contributed by atoms with van der Waals surface area (Å²) in [4.78, 5) is 107. The fourth-order valence-electron chi connectivity index (χ4n) is 11.8. The fourth-order valence-corrected chi connectivity index (χ4v) is 12.6. The maximum absolute atomic E-state index is 13.5. The summed E-state index contributed by atoms with van der Waals surface area (Å²) in [5, 5.41) is 54.8. The van der Waals surface area contributed by atoms with Crippen LogP contribution in [-0.4, -0.2) is 156 Å². The Morgan fingerprint density at radius 3 is 1.23 bits per heavy atom. The number of rotatable bonds is 20. The lowest BCUT2D eigenvalue weighted by atomic mass is 10.1. The smallest absolute Gasteiger partial charge is 0.373 e. The highest BCUT2D eigenvalue weighted by Crippen LogP contribution is 2.36. The van der Waals surface area contributed by atoms with Crippen LogP contribution in [0.4, 0.5) is 89.7 Å². The number of anilines is 11. The van der Waals surface area contributed by atoms with Gasteiger partial charge in [0.1, 0.15) is 16.9 Å². The lowest BCUT2D eigenvalue weighted by Gasteiger charge is -2.25. The number of fused-ring (bicyclic) bond motifs is 1. The van der Waals surface area contributed by atoms with Gasteiger partial charge in [0.25, 0.3) is 29.7 Å². The molecule has 2 saturated heterocycles. The molecule has 2 fully saturated rings. The van der Waals surface area contributed by atoms with Gasteiger partial charge in [-0.1, -0.05) is 15.9 Å². The number of ether oxygens (including phenoxy) is 2. The van der Waals surface area contributed by atoms with Crippen molar-refractivity contribution in [1.29, 1.82) is 5.26 Å². The van der Waals surface area contributed by atoms with E-state index in [-0.39, 0.29) is 64.7 Å². The summed E-state index contributed by atoms with van der Waals surface area (Å²) in [5.41, 5.74) is 29.6. The number of nitrogens with two attached hydrogens (primary N) is 3. The fraction of sp³-hybridized carbons (Fsp3) is 0.184. The number of aromatic amines is 1. The van der Waals surface area contributed by atoms with Crippen molar-refractivity contribution >= 4 is 161 Å². The first-order valence-electron chi connectivity index (χ1n) is 38.9. The second-order valence-corrected chi connectivity index (χ2v) is 29.2. The zero-order chi connectivity index (χ0) is 93.2. The first-order chi connectivity index (χ1) is 62.7. The summed E-state index contributed by atoms with van der Waals surface area (Å²) in [6, 6.07) is 34.2. The van der Waals surface area contributed by atoms with E-state index < -0.39 is 37.8 Å². The molecule has 17 rings (SSSR count). The number of nitriles is 1. The van der Waals surface area contributed by atoms with Gasteiger partial charge in [0.05, 0.1) is 112 Å². The van der Waals surface area contributed by atoms with E-state index in [0.717, 1.165) is 162 Å². The molecule has 0 saturated carbocycles. The van der Waals surface area contributed by atoms with Crippen LogP contribution in [0.5, 0.6) is 0 Å². The molecular formula is C87H85Br2ClF2N24O15S. The van der Waals surface area contributed by atoms with Gasteiger partial charge in [0.15, 0.2) is 28.8 Å². The predicted octanol–water partition coefficient (Wildman–Crippen LogP) is 18.2. The molecule has 12 heterocycles. The van der Waals surface area contributed by atoms with Gasteiger partial charge in [-0.25, -0.2) is 24.9 Å². The number of halogens is 5. The molecule has 132 heavy (non-hydrogen) atoms. The number of aryl methyl sites for hydroxylation is 5. The van der Waals surface area contributed by atoms with E-state index in [1.165, 1.54) is 18.3 Å². The molecular weight excluding hydrogens is 1890 g/mol. The molecule has 5 aromatic carbocycles. The quantitative estimate of drug-likeness (QED) is 0.00668. The molecule has 684 valence electrons. The number of pyridine rings is 5. The zero-order valence-electron chi connectivity index (χ0n) is 71.1. The Morgan fingerprint density at radius 1 is 0.508 bits per heavy atom. The predicted molar refractivity (Wildman–Crippen MR) is 502 cm³/mol. The number of thioether (sulfide) groups is 1. The van der Waals surface area contributed by atoms with Crippen molar-refractivity contribution < 1.29 is 65.1 Å². The molecule has 39 nitrogen and oxygen atoms in total. The Hall–Kier alpha value is -15.2. The Balaban J connectivity index is 0.000000194. The molecule has 0 spiro atoms. The van der Waals surface area contributed by atoms with Crippen LogP contribution in [0.15, 0.2) is 231 Å². The molecule has 11 N–H and O–H groups in total. The monoisotopic (exact) mass is 1970 g/mol. The normalized spacial score (nSPS) is 11.8. The molecule has 45 heteroatoms. The van der Waals surface area contributed by atoms with Gasteiger partial charge in [-0.15, -0.1) is 29.4 Å². The van der Waals surface area contributed by atoms with E-state index in [1.807, 2.05) is 43.3 Å². The van der Waals surface area contributed by atoms with Crippen LogP contribution in [0.25, 0.3) is 56.3 Å². The Labute approximate surface area is 780 Å². The van der Waals surface area contributed by atoms with Gasteiger partial charge in [0.2, 0.25) is 11.6 Å². The zero-order valence-corrected chi connectivity index (χ0v) is 76.0. The molecule has 0 bridgehead atoms. The molecule has 0 radical (unpaired) electrons. The van der Waals surface area contributed by atoms with Crippen molar-refractivity contribution in [2.75, 3.05) is 103 Å². The molecule has 2 aliphatic heterocycles. The number of carbonyl (C=O) groups is 1. The number of benzene rings is 5. The number of imidazole rings is 1. The minimum absolute atomic E-state index is 0. The summed E-state index contributed by atoms with van der Waals surface area (Å²) in [7, 11) is 2.11. The Bertz CT molecular complexity index is 6250. The Morgan fingerprint density at radius 2 is 0.848 bits per heavy atom. The third-order valence-electron chi connectivity index (χ3n) is 18.6. The van der Waals surface area contributed by atoms with Crippen LogP contribution in [-0.2, 0) is 25.6 Å². The van der Waals surface area contributed by atoms with E-state index in [4.69, 9.17) is 64.2 Å². The largest absolute Gasteiger partial charge is 0.423 e. The molecule has 2 aliphatic rings. The number of alkyl halides is 1. The summed E-state index contributed by atoms with van der Waals surface area (Å²) in [5.74, 6) is 1.73. The SMILES string of the molecule is Br.CN1CCOCC1.Cc1cc(F)c([N+](=O)[O-])cc1Nc1ncc(-c2ccncc2)o1.Cc1cc(F)c([N+](=O)[O-])cc1SC#N.Cc1cc(N)c(N)cc1Nc1ncc(-c2ccncc2)o1.Cc1cc(N)c([N+](=O)[O-])cc1Nc1ncc(-c2ccncc2)o1.Cc1cc2[nH]c(CN3CCOCC3)nc2cc1Nc1ncc(-c2ccncc2)o1.Cl.O=C(CBr)c1ccncc1.O=C=O. The third kappa shape index (κ3) is 30.2. The number of carbonyl (C=O) groups excluding carboxylic acids is 3. The number of nitro benzene ring substituents is 3. The highest BCUT2D eigenvalue weighted by molar-refractivity contribution is 9.09. The summed E-state index contributed by atoms with van der Waals surface area (Å²) < 4.78 is 59.7. The van der Waals surface area contributed by atoms with E-state index >= 15 is 0 Å². The number of Topliss-reactive ketones (excluding diaryl/α,β-unsaturated/α-hetero) is 1. The van der Waals surface area contributed by atoms with Gasteiger partial charge in [-0.05, 0) is 184 Å². The van der Waals surface area contributed by atoms with E-state index in [9.17, 15) is 43.9 Å². The van der Waals surface area contributed by atoms with Crippen LogP contribution in [0.1, 0.15) is 44.0 Å².